The van der Waals surface area contributed by atoms with Crippen LogP contribution in [0.2, 0.25) is 18.1 Å². The predicted octanol–water partition coefficient (Wildman–Crippen LogP) is 3.05. The zero-order valence-corrected chi connectivity index (χ0v) is 13.5. The van der Waals surface area contributed by atoms with Crippen molar-refractivity contribution in [2.45, 2.75) is 63.8 Å². The number of fused-ring (bicyclic) bond motifs is 1. The predicted molar refractivity (Wildman–Crippen MR) is 78.5 cm³/mol. The summed E-state index contributed by atoms with van der Waals surface area (Å²) in [5.41, 5.74) is 1.32. The number of carbonyl (C=O) groups excluding carboxylic acids is 1. The van der Waals surface area contributed by atoms with Crippen LogP contribution in [0.25, 0.3) is 0 Å². The third-order valence-electron chi connectivity index (χ3n) is 4.96. The van der Waals surface area contributed by atoms with Crippen molar-refractivity contribution in [3.8, 4) is 0 Å². The molecule has 0 aromatic rings. The van der Waals surface area contributed by atoms with Crippen LogP contribution >= 0.6 is 0 Å². The minimum Gasteiger partial charge on any atom is -0.432 e. The molecule has 1 fully saturated rings. The third kappa shape index (κ3) is 3.18. The van der Waals surface area contributed by atoms with Crippen molar-refractivity contribution in [2.24, 2.45) is 5.92 Å². The van der Waals surface area contributed by atoms with Gasteiger partial charge in [0.1, 0.15) is 5.78 Å². The van der Waals surface area contributed by atoms with Crippen LogP contribution in [0, 0.1) is 5.92 Å². The molecule has 0 aromatic heterocycles. The van der Waals surface area contributed by atoms with Crippen molar-refractivity contribution in [2.75, 3.05) is 6.61 Å². The standard InChI is InChI=1S/C15H26O3Si/c1-15(2,19(3,4)17)10-11-8-12(16)9-14-13(11)6-5-7-18-14/h6,11,14,17H,5,7-10H2,1-4H3/t11-,14+/m0/s1. The zero-order chi connectivity index (χ0) is 14.3. The first kappa shape index (κ1) is 14.9. The molecule has 1 aliphatic heterocycles. The van der Waals surface area contributed by atoms with E-state index in [9.17, 15) is 9.59 Å². The SMILES string of the molecule is CC(C)(C[C@@H]1CC(=O)C[C@H]2OCCC=C12)[Si](C)(C)O. The van der Waals surface area contributed by atoms with Crippen LogP contribution < -0.4 is 0 Å². The van der Waals surface area contributed by atoms with Crippen LogP contribution in [0.5, 0.6) is 0 Å². The van der Waals surface area contributed by atoms with Gasteiger partial charge in [0.05, 0.1) is 12.7 Å². The number of ether oxygens (including phenoxy) is 1. The van der Waals surface area contributed by atoms with E-state index in [4.69, 9.17) is 4.74 Å². The van der Waals surface area contributed by atoms with Crippen LogP contribution in [0.15, 0.2) is 11.6 Å². The van der Waals surface area contributed by atoms with Crippen molar-refractivity contribution >= 4 is 14.1 Å². The van der Waals surface area contributed by atoms with E-state index < -0.39 is 8.32 Å². The monoisotopic (exact) mass is 282 g/mol. The Balaban J connectivity index is 2.18. The van der Waals surface area contributed by atoms with E-state index in [1.165, 1.54) is 5.57 Å². The number of hydrogen-bond donors (Lipinski definition) is 1. The minimum absolute atomic E-state index is 0.0132. The van der Waals surface area contributed by atoms with Crippen molar-refractivity contribution in [3.05, 3.63) is 11.6 Å². The molecule has 1 aliphatic carbocycles. The van der Waals surface area contributed by atoms with E-state index in [0.29, 0.717) is 18.6 Å². The zero-order valence-electron chi connectivity index (χ0n) is 12.5. The molecule has 4 heteroatoms. The third-order valence-corrected chi connectivity index (χ3v) is 8.48. The first-order valence-electron chi connectivity index (χ1n) is 7.26. The van der Waals surface area contributed by atoms with Gasteiger partial charge in [0.25, 0.3) is 0 Å². The van der Waals surface area contributed by atoms with Gasteiger partial charge in [-0.2, -0.15) is 0 Å². The van der Waals surface area contributed by atoms with E-state index in [1.807, 2.05) is 13.1 Å². The normalized spacial score (nSPS) is 28.9. The summed E-state index contributed by atoms with van der Waals surface area (Å²) in [7, 11) is -2.23. The number of Topliss-reactive ketones (excluding diaryl/α,β-unsaturated/α-hetero) is 1. The fraction of sp³-hybridized carbons (Fsp3) is 0.800. The summed E-state index contributed by atoms with van der Waals surface area (Å²) in [6, 6.07) is 0. The second kappa shape index (κ2) is 5.15. The smallest absolute Gasteiger partial charge is 0.188 e. The summed E-state index contributed by atoms with van der Waals surface area (Å²) in [5, 5.41) is -0.0852. The van der Waals surface area contributed by atoms with Gasteiger partial charge < -0.3 is 9.53 Å². The lowest BCUT2D eigenvalue weighted by Crippen LogP contribution is -2.42. The molecule has 2 aliphatic rings. The maximum absolute atomic E-state index is 11.9. The van der Waals surface area contributed by atoms with Crippen molar-refractivity contribution in [3.63, 3.8) is 0 Å². The summed E-state index contributed by atoms with van der Waals surface area (Å²) in [5.74, 6) is 0.572. The summed E-state index contributed by atoms with van der Waals surface area (Å²) in [6.45, 7) is 8.98. The summed E-state index contributed by atoms with van der Waals surface area (Å²) in [4.78, 5) is 22.3. The van der Waals surface area contributed by atoms with Crippen molar-refractivity contribution in [1.82, 2.24) is 0 Å². The topological polar surface area (TPSA) is 46.5 Å². The van der Waals surface area contributed by atoms with Gasteiger partial charge >= 0.3 is 0 Å². The molecule has 108 valence electrons. The highest BCUT2D eigenvalue weighted by Gasteiger charge is 2.43. The molecule has 3 nitrogen and oxygen atoms in total. The number of carbonyl (C=O) groups is 1. The van der Waals surface area contributed by atoms with Crippen LogP contribution in [-0.4, -0.2) is 31.6 Å². The Bertz CT molecular complexity index is 393. The van der Waals surface area contributed by atoms with Crippen molar-refractivity contribution in [1.29, 1.82) is 0 Å². The highest BCUT2D eigenvalue weighted by molar-refractivity contribution is 6.72. The van der Waals surface area contributed by atoms with Crippen LogP contribution in [0.4, 0.5) is 0 Å². The van der Waals surface area contributed by atoms with Gasteiger partial charge in [-0.3, -0.25) is 4.79 Å². The maximum Gasteiger partial charge on any atom is 0.188 e. The number of hydrogen-bond acceptors (Lipinski definition) is 3. The van der Waals surface area contributed by atoms with E-state index in [1.54, 1.807) is 0 Å². The summed E-state index contributed by atoms with van der Waals surface area (Å²) in [6.07, 6.45) is 5.30. The highest BCUT2D eigenvalue weighted by atomic mass is 28.4. The quantitative estimate of drug-likeness (QED) is 0.639. The molecular weight excluding hydrogens is 256 g/mol. The first-order valence-corrected chi connectivity index (χ1v) is 10.2. The van der Waals surface area contributed by atoms with E-state index in [-0.39, 0.29) is 17.1 Å². The lowest BCUT2D eigenvalue weighted by atomic mass is 9.76. The average Bonchev–Trinajstić information content (AvgIpc) is 2.26. The van der Waals surface area contributed by atoms with Crippen LogP contribution in [0.1, 0.15) is 39.5 Å². The molecule has 2 atom stereocenters. The van der Waals surface area contributed by atoms with Gasteiger partial charge in [-0.05, 0) is 42.5 Å². The Morgan fingerprint density at radius 1 is 1.42 bits per heavy atom. The lowest BCUT2D eigenvalue weighted by Gasteiger charge is -2.42. The van der Waals surface area contributed by atoms with Crippen LogP contribution in [-0.2, 0) is 9.53 Å². The fourth-order valence-electron chi connectivity index (χ4n) is 3.01. The van der Waals surface area contributed by atoms with E-state index >= 15 is 0 Å². The molecule has 0 bridgehead atoms. The molecule has 0 aromatic carbocycles. The van der Waals surface area contributed by atoms with Gasteiger partial charge in [0.15, 0.2) is 8.32 Å². The average molecular weight is 282 g/mol. The molecule has 0 spiro atoms. The largest absolute Gasteiger partial charge is 0.432 e. The second-order valence-electron chi connectivity index (χ2n) is 7.14. The molecule has 1 saturated carbocycles. The number of rotatable bonds is 3. The molecule has 1 N–H and O–H groups in total. The molecule has 0 saturated heterocycles. The van der Waals surface area contributed by atoms with Crippen LogP contribution in [0.3, 0.4) is 0 Å². The second-order valence-corrected chi connectivity index (χ2v) is 11.6. The molecule has 0 amide bonds. The molecule has 19 heavy (non-hydrogen) atoms. The fourth-order valence-corrected chi connectivity index (χ4v) is 3.75. The molecule has 1 heterocycles. The molecular formula is C15H26O3Si. The Kier molecular flexibility index (Phi) is 4.05. The number of ketones is 1. The first-order chi connectivity index (χ1) is 8.71. The Labute approximate surface area is 117 Å². The minimum atomic E-state index is -2.23. The Hall–Kier alpha value is -0.453. The lowest BCUT2D eigenvalue weighted by molar-refractivity contribution is -0.124. The molecule has 0 radical (unpaired) electrons. The van der Waals surface area contributed by atoms with E-state index in [0.717, 1.165) is 19.4 Å². The van der Waals surface area contributed by atoms with Gasteiger partial charge in [-0.15, -0.1) is 0 Å². The summed E-state index contributed by atoms with van der Waals surface area (Å²) < 4.78 is 5.74. The Morgan fingerprint density at radius 2 is 2.11 bits per heavy atom. The summed E-state index contributed by atoms with van der Waals surface area (Å²) >= 11 is 0. The van der Waals surface area contributed by atoms with Gasteiger partial charge in [-0.25, -0.2) is 0 Å². The molecule has 0 unspecified atom stereocenters. The highest BCUT2D eigenvalue weighted by Crippen LogP contribution is 2.46. The van der Waals surface area contributed by atoms with E-state index in [2.05, 4.69) is 19.9 Å². The van der Waals surface area contributed by atoms with Gasteiger partial charge in [0.2, 0.25) is 0 Å². The molecule has 2 rings (SSSR count). The van der Waals surface area contributed by atoms with Gasteiger partial charge in [0, 0.05) is 12.8 Å². The maximum atomic E-state index is 11.9. The van der Waals surface area contributed by atoms with Crippen molar-refractivity contribution < 1.29 is 14.3 Å². The van der Waals surface area contributed by atoms with Gasteiger partial charge in [-0.1, -0.05) is 19.9 Å². The Morgan fingerprint density at radius 3 is 2.74 bits per heavy atom.